The van der Waals surface area contributed by atoms with E-state index < -0.39 is 8.07 Å². The Morgan fingerprint density at radius 1 is 1.09 bits per heavy atom. The highest BCUT2D eigenvalue weighted by Crippen LogP contribution is 2.32. The van der Waals surface area contributed by atoms with Crippen molar-refractivity contribution in [2.75, 3.05) is 0 Å². The van der Waals surface area contributed by atoms with E-state index in [2.05, 4.69) is 54.5 Å². The molecule has 2 rings (SSSR count). The molecule has 1 unspecified atom stereocenters. The lowest BCUT2D eigenvalue weighted by Crippen LogP contribution is -2.47. The summed E-state index contributed by atoms with van der Waals surface area (Å²) in [5.74, 6) is 0.104. The third kappa shape index (κ3) is 3.63. The largest absolute Gasteiger partial charge is 0.505 e. The van der Waals surface area contributed by atoms with Crippen LogP contribution in [0.5, 0.6) is 0 Å². The van der Waals surface area contributed by atoms with Crippen molar-refractivity contribution in [3.05, 3.63) is 83.2 Å². The van der Waals surface area contributed by atoms with E-state index in [9.17, 15) is 5.11 Å². The SMILES string of the molecule is C[Si](C)(c1ccccc1)C(C/C(O)=C\[N+]#N)c1ccccc1. The molecule has 3 nitrogen and oxygen atoms in total. The standard InChI is InChI=1S/C18H20N2OSi/c1-22(2,17-11-7-4-8-12-17)18(13-16(21)14-20-19)15-9-5-3-6-10-15/h3-12,14,18H,13H2,1-2H3/p+1/b16-14+. The molecule has 0 heterocycles. The zero-order valence-corrected chi connectivity index (χ0v) is 14.0. The van der Waals surface area contributed by atoms with Crippen LogP contribution in [0, 0.1) is 5.39 Å². The first-order valence-electron chi connectivity index (χ1n) is 7.38. The fourth-order valence-electron chi connectivity index (χ4n) is 2.87. The van der Waals surface area contributed by atoms with Gasteiger partial charge in [0.15, 0.2) is 10.7 Å². The average molecular weight is 309 g/mol. The summed E-state index contributed by atoms with van der Waals surface area (Å²) < 4.78 is 0. The predicted molar refractivity (Wildman–Crippen MR) is 93.2 cm³/mol. The Bertz CT molecular complexity index is 675. The molecule has 0 spiro atoms. The minimum Gasteiger partial charge on any atom is -0.505 e. The monoisotopic (exact) mass is 309 g/mol. The Morgan fingerprint density at radius 3 is 2.18 bits per heavy atom. The van der Waals surface area contributed by atoms with Crippen molar-refractivity contribution < 1.29 is 5.11 Å². The first-order chi connectivity index (χ1) is 10.6. The maximum absolute atomic E-state index is 10.0. The molecule has 0 radical (unpaired) electrons. The Balaban J connectivity index is 2.44. The number of allylic oxidation sites excluding steroid dienone is 1. The summed E-state index contributed by atoms with van der Waals surface area (Å²) in [4.78, 5) is 2.94. The molecular weight excluding hydrogens is 288 g/mol. The second-order valence-corrected chi connectivity index (χ2v) is 10.7. The second kappa shape index (κ2) is 7.06. The van der Waals surface area contributed by atoms with E-state index in [0.29, 0.717) is 6.42 Å². The molecule has 112 valence electrons. The van der Waals surface area contributed by atoms with Gasteiger partial charge < -0.3 is 5.11 Å². The molecular formula is C18H21N2OSi+. The summed E-state index contributed by atoms with van der Waals surface area (Å²) in [7, 11) is -1.87. The third-order valence-corrected chi connectivity index (χ3v) is 8.31. The van der Waals surface area contributed by atoms with E-state index in [1.54, 1.807) is 0 Å². The van der Waals surface area contributed by atoms with Gasteiger partial charge in [0.2, 0.25) is 5.39 Å². The molecule has 0 bridgehead atoms. The Morgan fingerprint density at radius 2 is 1.64 bits per heavy atom. The van der Waals surface area contributed by atoms with Crippen LogP contribution in [0.3, 0.4) is 0 Å². The van der Waals surface area contributed by atoms with Crippen LogP contribution in [-0.4, -0.2) is 13.2 Å². The van der Waals surface area contributed by atoms with Gasteiger partial charge in [0.05, 0.1) is 8.07 Å². The van der Waals surface area contributed by atoms with E-state index >= 15 is 0 Å². The highest BCUT2D eigenvalue weighted by molar-refractivity contribution is 6.90. The minimum absolute atomic E-state index is 0.104. The highest BCUT2D eigenvalue weighted by atomic mass is 28.3. The smallest absolute Gasteiger partial charge is 0.387 e. The number of hydrogen-bond donors (Lipinski definition) is 1. The zero-order valence-electron chi connectivity index (χ0n) is 13.0. The maximum atomic E-state index is 10.0. The Kier molecular flexibility index (Phi) is 5.13. The molecule has 1 atom stereocenters. The Labute approximate surface area is 132 Å². The van der Waals surface area contributed by atoms with E-state index in [0.717, 1.165) is 6.20 Å². The number of nitrogens with zero attached hydrogens (tertiary/aromatic N) is 2. The van der Waals surface area contributed by atoms with Crippen molar-refractivity contribution >= 4 is 13.3 Å². The second-order valence-electron chi connectivity index (χ2n) is 5.99. The average Bonchev–Trinajstić information content (AvgIpc) is 2.54. The predicted octanol–water partition coefficient (Wildman–Crippen LogP) is 4.57. The van der Waals surface area contributed by atoms with Gasteiger partial charge in [0.1, 0.15) is 0 Å². The lowest BCUT2D eigenvalue weighted by molar-refractivity contribution is 0.385. The van der Waals surface area contributed by atoms with Gasteiger partial charge in [-0.3, -0.25) is 0 Å². The quantitative estimate of drug-likeness (QED) is 0.500. The van der Waals surface area contributed by atoms with Crippen LogP contribution < -0.4 is 5.19 Å². The first-order valence-corrected chi connectivity index (χ1v) is 10.5. The van der Waals surface area contributed by atoms with E-state index in [1.165, 1.54) is 10.8 Å². The lowest BCUT2D eigenvalue weighted by Gasteiger charge is -2.33. The number of aliphatic hydroxyl groups is 1. The molecule has 2 aromatic rings. The molecule has 4 heteroatoms. The molecule has 0 aliphatic carbocycles. The van der Waals surface area contributed by atoms with Crippen molar-refractivity contribution in [3.8, 4) is 0 Å². The number of benzene rings is 2. The normalized spacial score (nSPS) is 13.4. The van der Waals surface area contributed by atoms with Gasteiger partial charge in [-0.15, -0.1) is 0 Å². The van der Waals surface area contributed by atoms with E-state index in [4.69, 9.17) is 5.39 Å². The van der Waals surface area contributed by atoms with Crippen molar-refractivity contribution in [1.29, 1.82) is 5.39 Å². The molecule has 0 amide bonds. The van der Waals surface area contributed by atoms with Crippen LogP contribution in [-0.2, 0) is 0 Å². The summed E-state index contributed by atoms with van der Waals surface area (Å²) in [6.45, 7) is 4.62. The van der Waals surface area contributed by atoms with Crippen LogP contribution in [0.15, 0.2) is 72.6 Å². The van der Waals surface area contributed by atoms with Gasteiger partial charge in [0.25, 0.3) is 0 Å². The van der Waals surface area contributed by atoms with Crippen molar-refractivity contribution in [3.63, 3.8) is 0 Å². The van der Waals surface area contributed by atoms with Gasteiger partial charge in [-0.2, -0.15) is 0 Å². The molecule has 0 saturated carbocycles. The molecule has 0 fully saturated rings. The summed E-state index contributed by atoms with van der Waals surface area (Å²) in [5.41, 5.74) is 1.41. The molecule has 0 saturated heterocycles. The number of hydrogen-bond acceptors (Lipinski definition) is 2. The highest BCUT2D eigenvalue weighted by Gasteiger charge is 2.35. The van der Waals surface area contributed by atoms with Crippen molar-refractivity contribution in [2.24, 2.45) is 0 Å². The first kappa shape index (κ1) is 16.0. The van der Waals surface area contributed by atoms with Crippen LogP contribution >= 0.6 is 0 Å². The Hall–Kier alpha value is -2.38. The fourth-order valence-corrected chi connectivity index (χ4v) is 6.07. The van der Waals surface area contributed by atoms with Crippen LogP contribution in [0.4, 0.5) is 0 Å². The number of aliphatic hydroxyl groups excluding tert-OH is 1. The van der Waals surface area contributed by atoms with Gasteiger partial charge in [-0.25, -0.2) is 0 Å². The molecule has 0 aliphatic rings. The molecule has 0 aromatic heterocycles. The zero-order chi connectivity index (χ0) is 16.0. The minimum atomic E-state index is -1.87. The van der Waals surface area contributed by atoms with E-state index in [-0.39, 0.29) is 11.3 Å². The third-order valence-electron chi connectivity index (χ3n) is 4.21. The van der Waals surface area contributed by atoms with Crippen LogP contribution in [0.2, 0.25) is 13.1 Å². The van der Waals surface area contributed by atoms with Crippen molar-refractivity contribution in [2.45, 2.75) is 25.1 Å². The maximum Gasteiger partial charge on any atom is 0.387 e. The van der Waals surface area contributed by atoms with Gasteiger partial charge >= 0.3 is 6.20 Å². The molecule has 22 heavy (non-hydrogen) atoms. The summed E-state index contributed by atoms with van der Waals surface area (Å²) >= 11 is 0. The van der Waals surface area contributed by atoms with Gasteiger partial charge in [-0.1, -0.05) is 78.9 Å². The number of rotatable bonds is 5. The van der Waals surface area contributed by atoms with Crippen LogP contribution in [0.1, 0.15) is 17.5 Å². The van der Waals surface area contributed by atoms with Gasteiger partial charge in [0, 0.05) is 6.42 Å². The number of diazo groups is 1. The van der Waals surface area contributed by atoms with Crippen molar-refractivity contribution in [1.82, 2.24) is 0 Å². The van der Waals surface area contributed by atoms with Crippen LogP contribution in [0.25, 0.3) is 4.98 Å². The van der Waals surface area contributed by atoms with Gasteiger partial charge in [-0.05, 0) is 11.1 Å². The summed E-state index contributed by atoms with van der Waals surface area (Å²) in [5, 5.41) is 20.0. The molecule has 2 aromatic carbocycles. The molecule has 0 aliphatic heterocycles. The fraction of sp³-hybridized carbons (Fsp3) is 0.222. The summed E-state index contributed by atoms with van der Waals surface area (Å²) in [6.07, 6.45) is 1.59. The molecule has 1 N–H and O–H groups in total. The topological polar surface area (TPSA) is 48.4 Å². The van der Waals surface area contributed by atoms with E-state index in [1.807, 2.05) is 24.3 Å². The lowest BCUT2D eigenvalue weighted by atomic mass is 10.1. The summed E-state index contributed by atoms with van der Waals surface area (Å²) in [6, 6.07) is 20.7.